The van der Waals surface area contributed by atoms with Gasteiger partial charge in [-0.25, -0.2) is 0 Å². The highest BCUT2D eigenvalue weighted by atomic mass is 16.7. The first-order valence-corrected chi connectivity index (χ1v) is 8.19. The molecule has 5 nitrogen and oxygen atoms in total. The van der Waals surface area contributed by atoms with Gasteiger partial charge in [-0.3, -0.25) is 4.79 Å². The zero-order valence-corrected chi connectivity index (χ0v) is 12.5. The molecule has 3 rings (SSSR count). The van der Waals surface area contributed by atoms with E-state index in [9.17, 15) is 10.1 Å². The molecule has 5 heteroatoms. The Balaban J connectivity index is 1.50. The zero-order valence-electron chi connectivity index (χ0n) is 12.5. The van der Waals surface area contributed by atoms with Gasteiger partial charge >= 0.3 is 0 Å². The number of amides is 1. The van der Waals surface area contributed by atoms with Crippen molar-refractivity contribution < 1.29 is 14.3 Å². The number of hydrogen-bond acceptors (Lipinski definition) is 4. The molecule has 116 valence electrons. The maximum absolute atomic E-state index is 12.3. The predicted molar refractivity (Wildman–Crippen MR) is 76.2 cm³/mol. The van der Waals surface area contributed by atoms with Crippen molar-refractivity contribution in [1.29, 1.82) is 5.26 Å². The molecule has 3 fully saturated rings. The average Bonchev–Trinajstić information content (AvgIpc) is 3.14. The van der Waals surface area contributed by atoms with Crippen molar-refractivity contribution in [3.63, 3.8) is 0 Å². The van der Waals surface area contributed by atoms with Gasteiger partial charge in [-0.1, -0.05) is 19.3 Å². The molecule has 0 bridgehead atoms. The van der Waals surface area contributed by atoms with Crippen molar-refractivity contribution in [3.05, 3.63) is 0 Å². The first-order chi connectivity index (χ1) is 10.2. The van der Waals surface area contributed by atoms with E-state index in [0.29, 0.717) is 26.0 Å². The lowest BCUT2D eigenvalue weighted by Gasteiger charge is -2.31. The van der Waals surface area contributed by atoms with Gasteiger partial charge in [0, 0.05) is 19.4 Å². The SMILES string of the molecule is N#CC1(C(=O)NCC2COC3(CCCCC3)O2)CCCC1. The van der Waals surface area contributed by atoms with Gasteiger partial charge in [0.15, 0.2) is 5.79 Å². The van der Waals surface area contributed by atoms with Gasteiger partial charge in [-0.05, 0) is 25.7 Å². The van der Waals surface area contributed by atoms with E-state index >= 15 is 0 Å². The molecule has 0 aromatic carbocycles. The maximum atomic E-state index is 12.3. The fourth-order valence-electron chi connectivity index (χ4n) is 3.81. The molecule has 0 radical (unpaired) electrons. The molecular weight excluding hydrogens is 268 g/mol. The molecule has 1 saturated heterocycles. The quantitative estimate of drug-likeness (QED) is 0.866. The highest BCUT2D eigenvalue weighted by molar-refractivity contribution is 5.85. The van der Waals surface area contributed by atoms with Gasteiger partial charge in [0.05, 0.1) is 12.7 Å². The highest BCUT2D eigenvalue weighted by Gasteiger charge is 2.44. The monoisotopic (exact) mass is 292 g/mol. The predicted octanol–water partition coefficient (Wildman–Crippen LogP) is 2.26. The Bertz CT molecular complexity index is 431. The molecule has 1 heterocycles. The molecular formula is C16H24N2O3. The summed E-state index contributed by atoms with van der Waals surface area (Å²) in [5.41, 5.74) is -0.804. The Morgan fingerprint density at radius 2 is 1.81 bits per heavy atom. The minimum absolute atomic E-state index is 0.0794. The average molecular weight is 292 g/mol. The Kier molecular flexibility index (Phi) is 4.19. The number of nitrogens with one attached hydrogen (secondary N) is 1. The normalized spacial score (nSPS) is 30.1. The van der Waals surface area contributed by atoms with E-state index in [1.54, 1.807) is 0 Å². The Morgan fingerprint density at radius 1 is 1.14 bits per heavy atom. The van der Waals surface area contributed by atoms with Crippen molar-refractivity contribution in [2.75, 3.05) is 13.2 Å². The van der Waals surface area contributed by atoms with Gasteiger partial charge in [-0.2, -0.15) is 5.26 Å². The lowest BCUT2D eigenvalue weighted by molar-refractivity contribution is -0.186. The third-order valence-corrected chi connectivity index (χ3v) is 5.13. The summed E-state index contributed by atoms with van der Waals surface area (Å²) >= 11 is 0. The van der Waals surface area contributed by atoms with E-state index in [0.717, 1.165) is 38.5 Å². The Morgan fingerprint density at radius 3 is 2.48 bits per heavy atom. The van der Waals surface area contributed by atoms with Crippen LogP contribution in [0.1, 0.15) is 57.8 Å². The van der Waals surface area contributed by atoms with E-state index < -0.39 is 11.2 Å². The van der Waals surface area contributed by atoms with Gasteiger partial charge in [0.25, 0.3) is 0 Å². The molecule has 2 saturated carbocycles. The van der Waals surface area contributed by atoms with E-state index in [1.165, 1.54) is 6.42 Å². The lowest BCUT2D eigenvalue weighted by atomic mass is 9.87. The second-order valence-electron chi connectivity index (χ2n) is 6.63. The molecule has 1 atom stereocenters. The largest absolute Gasteiger partial charge is 0.352 e. The maximum Gasteiger partial charge on any atom is 0.240 e. The van der Waals surface area contributed by atoms with Gasteiger partial charge in [0.2, 0.25) is 5.91 Å². The van der Waals surface area contributed by atoms with E-state index in [-0.39, 0.29) is 12.0 Å². The first-order valence-electron chi connectivity index (χ1n) is 8.19. The molecule has 0 aromatic rings. The van der Waals surface area contributed by atoms with Crippen LogP contribution in [0.15, 0.2) is 0 Å². The molecule has 1 aliphatic heterocycles. The van der Waals surface area contributed by atoms with Crippen LogP contribution >= 0.6 is 0 Å². The summed E-state index contributed by atoms with van der Waals surface area (Å²) in [5, 5.41) is 12.2. The van der Waals surface area contributed by atoms with Gasteiger partial charge in [0.1, 0.15) is 11.5 Å². The van der Waals surface area contributed by atoms with E-state index in [1.807, 2.05) is 0 Å². The minimum atomic E-state index is -0.804. The van der Waals surface area contributed by atoms with Crippen LogP contribution in [-0.2, 0) is 14.3 Å². The lowest BCUT2D eigenvalue weighted by Crippen LogP contribution is -2.43. The fourth-order valence-corrected chi connectivity index (χ4v) is 3.81. The number of nitrogens with zero attached hydrogens (tertiary/aromatic N) is 1. The molecule has 21 heavy (non-hydrogen) atoms. The second kappa shape index (κ2) is 5.94. The second-order valence-corrected chi connectivity index (χ2v) is 6.63. The van der Waals surface area contributed by atoms with Crippen molar-refractivity contribution in [1.82, 2.24) is 5.32 Å². The first kappa shape index (κ1) is 14.8. The minimum Gasteiger partial charge on any atom is -0.352 e. The molecule has 0 aromatic heterocycles. The summed E-state index contributed by atoms with van der Waals surface area (Å²) in [4.78, 5) is 12.3. The number of hydrogen-bond donors (Lipinski definition) is 1. The third-order valence-electron chi connectivity index (χ3n) is 5.13. The fraction of sp³-hybridized carbons (Fsp3) is 0.875. The number of rotatable bonds is 3. The van der Waals surface area contributed by atoms with E-state index in [2.05, 4.69) is 11.4 Å². The molecule has 2 aliphatic carbocycles. The van der Waals surface area contributed by atoms with Crippen LogP contribution in [0.25, 0.3) is 0 Å². The molecule has 1 amide bonds. The highest BCUT2D eigenvalue weighted by Crippen LogP contribution is 2.39. The topological polar surface area (TPSA) is 71.4 Å². The van der Waals surface area contributed by atoms with Crippen molar-refractivity contribution >= 4 is 5.91 Å². The Hall–Kier alpha value is -1.12. The van der Waals surface area contributed by atoms with E-state index in [4.69, 9.17) is 9.47 Å². The summed E-state index contributed by atoms with van der Waals surface area (Å²) in [6.07, 6.45) is 8.68. The summed E-state index contributed by atoms with van der Waals surface area (Å²) in [6.45, 7) is 0.990. The van der Waals surface area contributed by atoms with Crippen molar-refractivity contribution in [3.8, 4) is 6.07 Å². The number of carbonyl (C=O) groups excluding carboxylic acids is 1. The van der Waals surface area contributed by atoms with Crippen LogP contribution in [0.3, 0.4) is 0 Å². The Labute approximate surface area is 126 Å². The third kappa shape index (κ3) is 2.93. The van der Waals surface area contributed by atoms with Crippen LogP contribution < -0.4 is 5.32 Å². The molecule has 1 spiro atoms. The summed E-state index contributed by atoms with van der Waals surface area (Å²) in [7, 11) is 0. The van der Waals surface area contributed by atoms with Crippen LogP contribution in [0.5, 0.6) is 0 Å². The molecule has 1 unspecified atom stereocenters. The number of ether oxygens (including phenoxy) is 2. The summed E-state index contributed by atoms with van der Waals surface area (Å²) in [6, 6.07) is 2.23. The molecule has 3 aliphatic rings. The van der Waals surface area contributed by atoms with Gasteiger partial charge < -0.3 is 14.8 Å². The number of carbonyl (C=O) groups is 1. The van der Waals surface area contributed by atoms with Crippen molar-refractivity contribution in [2.24, 2.45) is 5.41 Å². The molecule has 1 N–H and O–H groups in total. The summed E-state index contributed by atoms with van der Waals surface area (Å²) in [5.74, 6) is -0.524. The van der Waals surface area contributed by atoms with Crippen LogP contribution in [0.2, 0.25) is 0 Å². The number of nitriles is 1. The van der Waals surface area contributed by atoms with Crippen LogP contribution in [0, 0.1) is 16.7 Å². The van der Waals surface area contributed by atoms with Crippen LogP contribution in [-0.4, -0.2) is 30.9 Å². The van der Waals surface area contributed by atoms with Crippen LogP contribution in [0.4, 0.5) is 0 Å². The zero-order chi connectivity index (χ0) is 14.8. The van der Waals surface area contributed by atoms with Crippen molar-refractivity contribution in [2.45, 2.75) is 69.7 Å². The summed E-state index contributed by atoms with van der Waals surface area (Å²) < 4.78 is 11.9. The van der Waals surface area contributed by atoms with Gasteiger partial charge in [-0.15, -0.1) is 0 Å². The standard InChI is InChI=1S/C16H24N2O3/c17-12-15(6-4-5-7-15)14(19)18-10-13-11-20-16(21-13)8-2-1-3-9-16/h13H,1-11H2,(H,18,19). The smallest absolute Gasteiger partial charge is 0.240 e.